The van der Waals surface area contributed by atoms with Gasteiger partial charge in [0.05, 0.1) is 11.0 Å². The van der Waals surface area contributed by atoms with Crippen molar-refractivity contribution >= 4 is 17.8 Å². The summed E-state index contributed by atoms with van der Waals surface area (Å²) in [6, 6.07) is 2.00. The first-order valence-corrected chi connectivity index (χ1v) is 11.6. The lowest BCUT2D eigenvalue weighted by molar-refractivity contribution is -0.161. The first kappa shape index (κ1) is 22.3. The van der Waals surface area contributed by atoms with Crippen LogP contribution in [0, 0.1) is 23.2 Å². The highest BCUT2D eigenvalue weighted by Crippen LogP contribution is 2.60. The van der Waals surface area contributed by atoms with Crippen molar-refractivity contribution < 1.29 is 27.5 Å². The molecule has 0 spiro atoms. The molecule has 2 amide bonds. The highest BCUT2D eigenvalue weighted by Gasteiger charge is 2.59. The first-order chi connectivity index (χ1) is 15.6. The van der Waals surface area contributed by atoms with Gasteiger partial charge in [0.1, 0.15) is 11.9 Å². The van der Waals surface area contributed by atoms with E-state index in [1.807, 2.05) is 0 Å². The van der Waals surface area contributed by atoms with E-state index in [4.69, 9.17) is 10.5 Å². The number of likely N-dealkylation sites (N-methyl/N-ethyl adjacent to an activating group) is 1. The average Bonchev–Trinajstić information content (AvgIpc) is 3.25. The quantitative estimate of drug-likeness (QED) is 0.735. The fourth-order valence-corrected chi connectivity index (χ4v) is 6.96. The summed E-state index contributed by atoms with van der Waals surface area (Å²) in [4.78, 5) is 32.1. The maximum atomic E-state index is 13.4. The summed E-state index contributed by atoms with van der Waals surface area (Å²) in [5, 5.41) is 0. The zero-order chi connectivity index (χ0) is 23.5. The zero-order valence-corrected chi connectivity index (χ0v) is 18.6. The van der Waals surface area contributed by atoms with Crippen molar-refractivity contribution in [3.8, 4) is 0 Å². The number of amides is 2. The standard InChI is InChI=1S/C23H29F3N4O3/c1-29(19-17(23(24,25)26)3-2-5-28-19)16-4-6-30(12-16)21(32)33-18-14-7-13-8-15(18)11-22(9-13,10-14)20(27)31/h2-3,5,13-16,18H,4,6-12H2,1H3,(H2,27,31)/t13?,14-,15+,16?,18?,22?. The maximum absolute atomic E-state index is 13.4. The number of ether oxygens (including phenoxy) is 1. The van der Waals surface area contributed by atoms with E-state index in [1.54, 1.807) is 11.9 Å². The molecule has 10 heteroatoms. The molecule has 4 unspecified atom stereocenters. The number of aromatic nitrogens is 1. The van der Waals surface area contributed by atoms with Gasteiger partial charge in [-0.2, -0.15) is 13.2 Å². The van der Waals surface area contributed by atoms with Crippen LogP contribution in [0.3, 0.4) is 0 Å². The largest absolute Gasteiger partial charge is 0.446 e. The zero-order valence-electron chi connectivity index (χ0n) is 18.6. The SMILES string of the molecule is CN(c1ncccc1C(F)(F)F)C1CCN(C(=O)OC2[C@@H]3CC4C[C@H]2CC(C(N)=O)(C4)C3)C1. The Hall–Kier alpha value is -2.52. The van der Waals surface area contributed by atoms with Gasteiger partial charge in [-0.25, -0.2) is 9.78 Å². The van der Waals surface area contributed by atoms with Gasteiger partial charge in [0.2, 0.25) is 5.91 Å². The second-order valence-electron chi connectivity index (χ2n) is 10.3. The number of carbonyl (C=O) groups excluding carboxylic acids is 2. The van der Waals surface area contributed by atoms with Crippen LogP contribution in [0.4, 0.5) is 23.8 Å². The minimum absolute atomic E-state index is 0.136. The van der Waals surface area contributed by atoms with E-state index in [0.717, 1.165) is 25.3 Å². The molecular formula is C23H29F3N4O3. The Morgan fingerprint density at radius 3 is 2.58 bits per heavy atom. The number of carbonyl (C=O) groups is 2. The smallest absolute Gasteiger partial charge is 0.419 e. The Morgan fingerprint density at radius 2 is 1.94 bits per heavy atom. The number of primary amides is 1. The van der Waals surface area contributed by atoms with Gasteiger partial charge in [0, 0.05) is 32.4 Å². The second-order valence-corrected chi connectivity index (χ2v) is 10.3. The number of nitrogens with zero attached hydrogens (tertiary/aromatic N) is 3. The van der Waals surface area contributed by atoms with Gasteiger partial charge in [-0.1, -0.05) is 0 Å². The molecule has 1 aromatic heterocycles. The number of hydrogen-bond acceptors (Lipinski definition) is 5. The Kier molecular flexibility index (Phi) is 5.25. The minimum atomic E-state index is -4.50. The number of pyridine rings is 1. The number of hydrogen-bond donors (Lipinski definition) is 1. The molecule has 6 rings (SSSR count). The summed E-state index contributed by atoms with van der Waals surface area (Å²) in [5.74, 6) is 0.400. The van der Waals surface area contributed by atoms with Crippen LogP contribution in [0.25, 0.3) is 0 Å². The minimum Gasteiger partial charge on any atom is -0.446 e. The van der Waals surface area contributed by atoms with E-state index in [0.29, 0.717) is 31.7 Å². The van der Waals surface area contributed by atoms with E-state index in [2.05, 4.69) is 4.98 Å². The molecule has 4 saturated carbocycles. The molecule has 2 heterocycles. The number of nitrogens with two attached hydrogens (primary N) is 1. The number of likely N-dealkylation sites (tertiary alicyclic amines) is 1. The molecule has 4 aliphatic carbocycles. The summed E-state index contributed by atoms with van der Waals surface area (Å²) >= 11 is 0. The van der Waals surface area contributed by atoms with Gasteiger partial charge in [-0.15, -0.1) is 0 Å². The van der Waals surface area contributed by atoms with Gasteiger partial charge in [0.15, 0.2) is 0 Å². The lowest BCUT2D eigenvalue weighted by Crippen LogP contribution is -2.59. The highest BCUT2D eigenvalue weighted by molar-refractivity contribution is 5.81. The van der Waals surface area contributed by atoms with Crippen molar-refractivity contribution in [2.75, 3.05) is 25.0 Å². The summed E-state index contributed by atoms with van der Waals surface area (Å²) in [5.41, 5.74) is 4.50. The third-order valence-electron chi connectivity index (χ3n) is 8.34. The molecular weight excluding hydrogens is 437 g/mol. The molecule has 5 aliphatic rings. The number of halogens is 3. The Bertz CT molecular complexity index is 939. The van der Waals surface area contributed by atoms with Crippen LogP contribution in [0.5, 0.6) is 0 Å². The molecule has 5 fully saturated rings. The molecule has 1 aliphatic heterocycles. The monoisotopic (exact) mass is 466 g/mol. The lowest BCUT2D eigenvalue weighted by atomic mass is 9.48. The molecule has 0 aromatic carbocycles. The molecule has 2 N–H and O–H groups in total. The van der Waals surface area contributed by atoms with Gasteiger partial charge >= 0.3 is 12.3 Å². The number of alkyl halides is 3. The van der Waals surface area contributed by atoms with Gasteiger partial charge in [-0.3, -0.25) is 4.79 Å². The van der Waals surface area contributed by atoms with E-state index >= 15 is 0 Å². The molecule has 1 aromatic rings. The topological polar surface area (TPSA) is 88.8 Å². The summed E-state index contributed by atoms with van der Waals surface area (Å²) in [6.45, 7) is 0.692. The fraction of sp³-hybridized carbons (Fsp3) is 0.696. The Labute approximate surface area is 190 Å². The van der Waals surface area contributed by atoms with Crippen LogP contribution in [-0.4, -0.2) is 54.2 Å². The first-order valence-electron chi connectivity index (χ1n) is 11.6. The van der Waals surface area contributed by atoms with Crippen LogP contribution in [-0.2, 0) is 15.7 Å². The molecule has 180 valence electrons. The lowest BCUT2D eigenvalue weighted by Gasteiger charge is -2.58. The van der Waals surface area contributed by atoms with Crippen molar-refractivity contribution in [1.82, 2.24) is 9.88 Å². The normalized spacial score (nSPS) is 35.0. The van der Waals surface area contributed by atoms with E-state index in [9.17, 15) is 22.8 Å². The van der Waals surface area contributed by atoms with E-state index in [1.165, 1.54) is 17.2 Å². The molecule has 4 bridgehead atoms. The number of anilines is 1. The third kappa shape index (κ3) is 3.81. The number of rotatable bonds is 4. The molecule has 6 atom stereocenters. The van der Waals surface area contributed by atoms with Gasteiger partial charge in [0.25, 0.3) is 0 Å². The van der Waals surface area contributed by atoms with Crippen molar-refractivity contribution in [2.45, 2.75) is 56.8 Å². The second kappa shape index (κ2) is 7.77. The van der Waals surface area contributed by atoms with Crippen LogP contribution in [0.2, 0.25) is 0 Å². The molecule has 0 radical (unpaired) electrons. The van der Waals surface area contributed by atoms with Crippen molar-refractivity contribution in [3.05, 3.63) is 23.9 Å². The molecule has 7 nitrogen and oxygen atoms in total. The predicted octanol–water partition coefficient (Wildman–Crippen LogP) is 3.43. The van der Waals surface area contributed by atoms with Crippen LogP contribution < -0.4 is 10.6 Å². The average molecular weight is 467 g/mol. The van der Waals surface area contributed by atoms with Crippen LogP contribution in [0.1, 0.15) is 44.1 Å². The van der Waals surface area contributed by atoms with E-state index in [-0.39, 0.29) is 42.3 Å². The van der Waals surface area contributed by atoms with Gasteiger partial charge < -0.3 is 20.3 Å². The Morgan fingerprint density at radius 1 is 1.24 bits per heavy atom. The maximum Gasteiger partial charge on any atom is 0.419 e. The summed E-state index contributed by atoms with van der Waals surface area (Å²) in [6.07, 6.45) is 0.845. The summed E-state index contributed by atoms with van der Waals surface area (Å²) < 4.78 is 46.2. The highest BCUT2D eigenvalue weighted by atomic mass is 19.4. The van der Waals surface area contributed by atoms with E-state index < -0.39 is 23.2 Å². The van der Waals surface area contributed by atoms with Crippen molar-refractivity contribution in [2.24, 2.45) is 28.9 Å². The van der Waals surface area contributed by atoms with Crippen molar-refractivity contribution in [1.29, 1.82) is 0 Å². The molecule has 33 heavy (non-hydrogen) atoms. The fourth-order valence-electron chi connectivity index (χ4n) is 6.96. The van der Waals surface area contributed by atoms with Crippen molar-refractivity contribution in [3.63, 3.8) is 0 Å². The summed E-state index contributed by atoms with van der Waals surface area (Å²) in [7, 11) is 1.58. The van der Waals surface area contributed by atoms with Crippen LogP contribution >= 0.6 is 0 Å². The predicted molar refractivity (Wildman–Crippen MR) is 113 cm³/mol. The van der Waals surface area contributed by atoms with Crippen LogP contribution in [0.15, 0.2) is 18.3 Å². The molecule has 1 saturated heterocycles. The van der Waals surface area contributed by atoms with Gasteiger partial charge in [-0.05, 0) is 68.4 Å². The Balaban J connectivity index is 1.23. The third-order valence-corrected chi connectivity index (χ3v) is 8.34.